The highest BCUT2D eigenvalue weighted by molar-refractivity contribution is 6.31. The van der Waals surface area contributed by atoms with Crippen molar-refractivity contribution in [1.29, 1.82) is 0 Å². The summed E-state index contributed by atoms with van der Waals surface area (Å²) in [5.74, 6) is -0.380. The molecule has 0 atom stereocenters. The smallest absolute Gasteiger partial charge is 0.324 e. The summed E-state index contributed by atoms with van der Waals surface area (Å²) < 4.78 is 1.02. The highest BCUT2D eigenvalue weighted by Crippen LogP contribution is 2.22. The predicted octanol–water partition coefficient (Wildman–Crippen LogP) is 3.21. The monoisotopic (exact) mass is 368 g/mol. The van der Waals surface area contributed by atoms with Crippen LogP contribution < -0.4 is 11.0 Å². The second-order valence-electron chi connectivity index (χ2n) is 5.91. The average Bonchev–Trinajstić information content (AvgIpc) is 2.61. The van der Waals surface area contributed by atoms with Crippen molar-refractivity contribution in [1.82, 2.24) is 14.8 Å². The van der Waals surface area contributed by atoms with Crippen LogP contribution in [0.25, 0.3) is 11.3 Å². The molecule has 1 amide bonds. The normalized spacial score (nSPS) is 10.6. The Bertz CT molecular complexity index is 1010. The number of hydrogen-bond donors (Lipinski definition) is 1. The maximum Gasteiger partial charge on any atom is 0.365 e. The summed E-state index contributed by atoms with van der Waals surface area (Å²) in [6.07, 6.45) is 1.48. The molecule has 0 spiro atoms. The molecule has 132 valence electrons. The fourth-order valence-corrected chi connectivity index (χ4v) is 2.58. The zero-order valence-electron chi connectivity index (χ0n) is 14.4. The summed E-state index contributed by atoms with van der Waals surface area (Å²) in [6, 6.07) is 12.8. The van der Waals surface area contributed by atoms with Gasteiger partial charge in [-0.25, -0.2) is 9.48 Å². The van der Waals surface area contributed by atoms with E-state index in [1.165, 1.54) is 6.20 Å². The highest BCUT2D eigenvalue weighted by atomic mass is 35.5. The molecule has 0 aliphatic carbocycles. The number of aromatic nitrogens is 3. The van der Waals surface area contributed by atoms with Crippen LogP contribution in [-0.4, -0.2) is 20.7 Å². The van der Waals surface area contributed by atoms with Gasteiger partial charge >= 0.3 is 5.69 Å². The third kappa shape index (κ3) is 3.97. The minimum atomic E-state index is -0.582. The Balaban J connectivity index is 1.76. The van der Waals surface area contributed by atoms with E-state index >= 15 is 0 Å². The summed E-state index contributed by atoms with van der Waals surface area (Å²) in [4.78, 5) is 28.4. The summed E-state index contributed by atoms with van der Waals surface area (Å²) in [6.45, 7) is 3.56. The number of carbonyl (C=O) groups excluding carboxylic acids is 1. The van der Waals surface area contributed by atoms with Crippen LogP contribution in [0.5, 0.6) is 0 Å². The predicted molar refractivity (Wildman–Crippen MR) is 101 cm³/mol. The Morgan fingerprint density at radius 1 is 1.15 bits per heavy atom. The van der Waals surface area contributed by atoms with Gasteiger partial charge in [0.2, 0.25) is 5.91 Å². The van der Waals surface area contributed by atoms with Crippen LogP contribution in [0.2, 0.25) is 5.02 Å². The molecule has 0 fully saturated rings. The van der Waals surface area contributed by atoms with Gasteiger partial charge in [0, 0.05) is 16.3 Å². The lowest BCUT2D eigenvalue weighted by molar-refractivity contribution is -0.117. The van der Waals surface area contributed by atoms with Crippen LogP contribution in [0.4, 0.5) is 5.69 Å². The Morgan fingerprint density at radius 2 is 1.88 bits per heavy atom. The Labute approximate surface area is 155 Å². The van der Waals surface area contributed by atoms with Gasteiger partial charge in [0.25, 0.3) is 0 Å². The van der Waals surface area contributed by atoms with E-state index in [2.05, 4.69) is 15.4 Å². The Morgan fingerprint density at radius 3 is 2.58 bits per heavy atom. The second-order valence-corrected chi connectivity index (χ2v) is 6.32. The molecule has 0 saturated heterocycles. The first kappa shape index (κ1) is 17.8. The van der Waals surface area contributed by atoms with Crippen LogP contribution in [0.15, 0.2) is 53.5 Å². The van der Waals surface area contributed by atoms with Crippen molar-refractivity contribution in [2.45, 2.75) is 20.4 Å². The number of rotatable bonds is 4. The fourth-order valence-electron chi connectivity index (χ4n) is 2.40. The number of anilines is 1. The van der Waals surface area contributed by atoms with E-state index in [0.717, 1.165) is 21.4 Å². The van der Waals surface area contributed by atoms with Crippen molar-refractivity contribution in [3.63, 3.8) is 0 Å². The molecule has 0 bridgehead atoms. The van der Waals surface area contributed by atoms with Gasteiger partial charge in [0.15, 0.2) is 0 Å². The van der Waals surface area contributed by atoms with Crippen LogP contribution in [0.1, 0.15) is 11.1 Å². The zero-order valence-corrected chi connectivity index (χ0v) is 15.1. The van der Waals surface area contributed by atoms with E-state index in [0.29, 0.717) is 16.4 Å². The third-order valence-electron chi connectivity index (χ3n) is 3.94. The van der Waals surface area contributed by atoms with E-state index in [-0.39, 0.29) is 12.5 Å². The molecule has 2 aromatic carbocycles. The number of nitrogens with one attached hydrogen (secondary N) is 1. The molecular weight excluding hydrogens is 352 g/mol. The molecule has 26 heavy (non-hydrogen) atoms. The van der Waals surface area contributed by atoms with Crippen molar-refractivity contribution in [2.24, 2.45) is 0 Å². The number of benzene rings is 2. The summed E-state index contributed by atoms with van der Waals surface area (Å²) in [5.41, 5.74) is 3.16. The SMILES string of the molecule is Cc1ccc(-c2cnn(CC(=O)Nc3cccc(Cl)c3C)c(=O)n2)cc1. The number of aryl methyl sites for hydroxylation is 1. The van der Waals surface area contributed by atoms with Crippen molar-refractivity contribution < 1.29 is 4.79 Å². The number of carbonyl (C=O) groups is 1. The summed E-state index contributed by atoms with van der Waals surface area (Å²) in [7, 11) is 0. The fraction of sp³-hybridized carbons (Fsp3) is 0.158. The second kappa shape index (κ2) is 7.49. The first-order chi connectivity index (χ1) is 12.4. The summed E-state index contributed by atoms with van der Waals surface area (Å²) in [5, 5.41) is 7.34. The standard InChI is InChI=1S/C19H17ClN4O2/c1-12-6-8-14(9-7-12)17-10-21-24(19(26)23-17)11-18(25)22-16-5-3-4-15(20)13(16)2/h3-10H,11H2,1-2H3,(H,22,25). The van der Waals surface area contributed by atoms with Gasteiger partial charge in [0.05, 0.1) is 11.9 Å². The molecule has 0 aliphatic heterocycles. The van der Waals surface area contributed by atoms with E-state index < -0.39 is 5.69 Å². The minimum Gasteiger partial charge on any atom is -0.324 e. The van der Waals surface area contributed by atoms with Gasteiger partial charge in [-0.1, -0.05) is 47.5 Å². The number of amides is 1. The molecule has 7 heteroatoms. The minimum absolute atomic E-state index is 0.230. The molecule has 6 nitrogen and oxygen atoms in total. The third-order valence-corrected chi connectivity index (χ3v) is 4.35. The van der Waals surface area contributed by atoms with Gasteiger partial charge in [0.1, 0.15) is 6.54 Å². The largest absolute Gasteiger partial charge is 0.365 e. The van der Waals surface area contributed by atoms with Crippen LogP contribution >= 0.6 is 11.6 Å². The van der Waals surface area contributed by atoms with Crippen molar-refractivity contribution in [3.8, 4) is 11.3 Å². The molecule has 0 radical (unpaired) electrons. The van der Waals surface area contributed by atoms with Crippen LogP contribution in [0, 0.1) is 13.8 Å². The molecule has 1 aromatic heterocycles. The Kier molecular flexibility index (Phi) is 5.14. The topological polar surface area (TPSA) is 76.9 Å². The summed E-state index contributed by atoms with van der Waals surface area (Å²) >= 11 is 6.04. The molecule has 1 N–H and O–H groups in total. The van der Waals surface area contributed by atoms with Gasteiger partial charge in [-0.05, 0) is 31.5 Å². The molecule has 1 heterocycles. The van der Waals surface area contributed by atoms with E-state index in [9.17, 15) is 9.59 Å². The van der Waals surface area contributed by atoms with Crippen LogP contribution in [-0.2, 0) is 11.3 Å². The first-order valence-electron chi connectivity index (χ1n) is 8.00. The van der Waals surface area contributed by atoms with E-state index in [4.69, 9.17) is 11.6 Å². The number of halogens is 1. The maximum atomic E-state index is 12.2. The Hall–Kier alpha value is -2.99. The first-order valence-corrected chi connectivity index (χ1v) is 8.38. The molecule has 3 rings (SSSR count). The lowest BCUT2D eigenvalue weighted by atomic mass is 10.1. The van der Waals surface area contributed by atoms with Crippen LogP contribution in [0.3, 0.4) is 0 Å². The molecule has 3 aromatic rings. The molecular formula is C19H17ClN4O2. The zero-order chi connectivity index (χ0) is 18.7. The van der Waals surface area contributed by atoms with Gasteiger partial charge < -0.3 is 5.32 Å². The van der Waals surface area contributed by atoms with E-state index in [1.54, 1.807) is 25.1 Å². The molecule has 0 saturated carbocycles. The molecule has 0 unspecified atom stereocenters. The lowest BCUT2D eigenvalue weighted by Crippen LogP contribution is -2.31. The number of nitrogens with zero attached hydrogens (tertiary/aromatic N) is 3. The van der Waals surface area contributed by atoms with Gasteiger partial charge in [-0.3, -0.25) is 4.79 Å². The average molecular weight is 369 g/mol. The quantitative estimate of drug-likeness (QED) is 0.767. The number of hydrogen-bond acceptors (Lipinski definition) is 4. The van der Waals surface area contributed by atoms with Crippen molar-refractivity contribution >= 4 is 23.2 Å². The highest BCUT2D eigenvalue weighted by Gasteiger charge is 2.11. The van der Waals surface area contributed by atoms with Crippen molar-refractivity contribution in [3.05, 3.63) is 75.3 Å². The van der Waals surface area contributed by atoms with Gasteiger partial charge in [-0.15, -0.1) is 0 Å². The lowest BCUT2D eigenvalue weighted by Gasteiger charge is -2.10. The van der Waals surface area contributed by atoms with Crippen molar-refractivity contribution in [2.75, 3.05) is 5.32 Å². The maximum absolute atomic E-state index is 12.2. The van der Waals surface area contributed by atoms with E-state index in [1.807, 2.05) is 31.2 Å². The van der Waals surface area contributed by atoms with Gasteiger partial charge in [-0.2, -0.15) is 10.1 Å². The molecule has 0 aliphatic rings.